The SMILES string of the molecule is [2H]C([2H])(c1cc2c3c(nccc3c1)-c1cnc3ccccc3c1C2(C)C)C(C)(C)C. The Hall–Kier alpha value is -2.74. The molecule has 140 valence electrons. The summed E-state index contributed by atoms with van der Waals surface area (Å²) in [6.07, 6.45) is 2.32. The zero-order chi connectivity index (χ0) is 21.5. The van der Waals surface area contributed by atoms with Crippen LogP contribution in [0.3, 0.4) is 0 Å². The van der Waals surface area contributed by atoms with Crippen molar-refractivity contribution in [2.75, 3.05) is 0 Å². The van der Waals surface area contributed by atoms with Crippen molar-refractivity contribution in [1.82, 2.24) is 9.97 Å². The van der Waals surface area contributed by atoms with Crippen LogP contribution in [-0.2, 0) is 11.8 Å². The maximum Gasteiger partial charge on any atom is 0.0802 e. The number of para-hydroxylation sites is 1. The molecule has 0 spiro atoms. The maximum absolute atomic E-state index is 8.88. The number of aromatic nitrogens is 2. The molecule has 2 nitrogen and oxygen atoms in total. The van der Waals surface area contributed by atoms with E-state index in [1.54, 1.807) is 0 Å². The summed E-state index contributed by atoms with van der Waals surface area (Å²) >= 11 is 0. The van der Waals surface area contributed by atoms with Gasteiger partial charge in [0.2, 0.25) is 0 Å². The Kier molecular flexibility index (Phi) is 3.06. The molecule has 0 bridgehead atoms. The van der Waals surface area contributed by atoms with E-state index >= 15 is 0 Å². The quantitative estimate of drug-likeness (QED) is 0.374. The molecule has 0 saturated carbocycles. The molecular weight excluding hydrogens is 340 g/mol. The first-order chi connectivity index (χ1) is 14.0. The van der Waals surface area contributed by atoms with Gasteiger partial charge in [0, 0.05) is 36.9 Å². The zero-order valence-electron chi connectivity index (χ0n) is 19.1. The van der Waals surface area contributed by atoms with E-state index in [-0.39, 0.29) is 5.41 Å². The van der Waals surface area contributed by atoms with Gasteiger partial charge in [0.25, 0.3) is 0 Å². The van der Waals surface area contributed by atoms with Crippen molar-refractivity contribution >= 4 is 21.7 Å². The third-order valence-corrected chi connectivity index (χ3v) is 5.71. The molecule has 28 heavy (non-hydrogen) atoms. The molecule has 2 heterocycles. The number of pyridine rings is 2. The Balaban J connectivity index is 1.93. The minimum absolute atomic E-state index is 0.309. The van der Waals surface area contributed by atoms with E-state index in [9.17, 15) is 0 Å². The third kappa shape index (κ3) is 2.47. The second kappa shape index (κ2) is 5.64. The normalized spacial score (nSPS) is 16.6. The van der Waals surface area contributed by atoms with Gasteiger partial charge in [0.15, 0.2) is 0 Å². The molecule has 2 aromatic carbocycles. The summed E-state index contributed by atoms with van der Waals surface area (Å²) in [7, 11) is 0. The highest BCUT2D eigenvalue weighted by atomic mass is 14.7. The van der Waals surface area contributed by atoms with Crippen LogP contribution in [-0.4, -0.2) is 9.97 Å². The molecule has 0 amide bonds. The van der Waals surface area contributed by atoms with E-state index in [0.29, 0.717) is 0 Å². The summed E-state index contributed by atoms with van der Waals surface area (Å²) in [5.41, 5.74) is 5.24. The van der Waals surface area contributed by atoms with Crippen LogP contribution in [0.25, 0.3) is 32.9 Å². The fourth-order valence-electron chi connectivity index (χ4n) is 4.65. The number of fused-ring (bicyclic) bond motifs is 4. The molecular formula is C26H26N2. The number of hydrogen-bond acceptors (Lipinski definition) is 2. The Labute approximate surface area is 169 Å². The topological polar surface area (TPSA) is 25.8 Å². The molecule has 0 unspecified atom stereocenters. The molecule has 0 saturated heterocycles. The van der Waals surface area contributed by atoms with Gasteiger partial charge in [-0.25, -0.2) is 0 Å². The maximum atomic E-state index is 8.88. The van der Waals surface area contributed by atoms with Crippen LogP contribution in [0.1, 0.15) is 54.1 Å². The van der Waals surface area contributed by atoms with Crippen LogP contribution < -0.4 is 0 Å². The van der Waals surface area contributed by atoms with Gasteiger partial charge >= 0.3 is 0 Å². The first kappa shape index (κ1) is 15.2. The van der Waals surface area contributed by atoms with Crippen molar-refractivity contribution in [1.29, 1.82) is 0 Å². The third-order valence-electron chi connectivity index (χ3n) is 5.71. The largest absolute Gasteiger partial charge is 0.256 e. The molecule has 2 aromatic heterocycles. The van der Waals surface area contributed by atoms with E-state index in [4.69, 9.17) is 12.7 Å². The number of hydrogen-bond donors (Lipinski definition) is 0. The van der Waals surface area contributed by atoms with Gasteiger partial charge in [-0.1, -0.05) is 65.0 Å². The molecule has 0 radical (unpaired) electrons. The minimum Gasteiger partial charge on any atom is -0.256 e. The monoisotopic (exact) mass is 368 g/mol. The lowest BCUT2D eigenvalue weighted by molar-refractivity contribution is 0.411. The van der Waals surface area contributed by atoms with Gasteiger partial charge in [0.1, 0.15) is 0 Å². The zero-order valence-corrected chi connectivity index (χ0v) is 17.1. The average molecular weight is 369 g/mol. The molecule has 1 aliphatic carbocycles. The van der Waals surface area contributed by atoms with Gasteiger partial charge in [-0.2, -0.15) is 0 Å². The van der Waals surface area contributed by atoms with Crippen LogP contribution in [0.15, 0.2) is 54.9 Å². The second-order valence-electron chi connectivity index (χ2n) is 9.35. The average Bonchev–Trinajstić information content (AvgIpc) is 2.70. The predicted molar refractivity (Wildman–Crippen MR) is 118 cm³/mol. The van der Waals surface area contributed by atoms with Gasteiger partial charge in [-0.05, 0) is 46.0 Å². The van der Waals surface area contributed by atoms with Crippen molar-refractivity contribution in [3.8, 4) is 11.3 Å². The number of nitrogens with zero attached hydrogens (tertiary/aromatic N) is 2. The molecule has 2 heteroatoms. The summed E-state index contributed by atoms with van der Waals surface area (Å²) in [6, 6.07) is 14.3. The highest BCUT2D eigenvalue weighted by Gasteiger charge is 2.36. The van der Waals surface area contributed by atoms with Gasteiger partial charge in [0.05, 0.1) is 11.2 Å². The van der Waals surface area contributed by atoms with Crippen molar-refractivity contribution in [2.45, 2.75) is 46.4 Å². The van der Waals surface area contributed by atoms with Crippen molar-refractivity contribution in [2.24, 2.45) is 5.41 Å². The Morgan fingerprint density at radius 2 is 1.82 bits per heavy atom. The Morgan fingerprint density at radius 3 is 2.61 bits per heavy atom. The van der Waals surface area contributed by atoms with Crippen LogP contribution in [0.4, 0.5) is 0 Å². The summed E-state index contributed by atoms with van der Waals surface area (Å²) in [5.74, 6) is 0. The fraction of sp³-hybridized carbons (Fsp3) is 0.308. The summed E-state index contributed by atoms with van der Waals surface area (Å²) in [6.45, 7) is 10.3. The van der Waals surface area contributed by atoms with E-state index < -0.39 is 11.8 Å². The molecule has 0 aliphatic heterocycles. The summed E-state index contributed by atoms with van der Waals surface area (Å²) < 4.78 is 17.8. The molecule has 1 aliphatic rings. The standard InChI is InChI=1S/C26H26N2/c1-25(2,3)14-16-12-17-10-11-27-24-19-15-28-21-9-7-6-8-18(21)23(19)26(4,5)20(13-16)22(17)24/h6-13,15H,14H2,1-5H3/i14D2. The molecule has 4 aromatic rings. The summed E-state index contributed by atoms with van der Waals surface area (Å²) in [4.78, 5) is 9.47. The van der Waals surface area contributed by atoms with E-state index in [1.165, 1.54) is 5.56 Å². The molecule has 0 atom stereocenters. The molecule has 0 N–H and O–H groups in total. The van der Waals surface area contributed by atoms with Crippen LogP contribution in [0, 0.1) is 5.41 Å². The lowest BCUT2D eigenvalue weighted by Gasteiger charge is -2.36. The van der Waals surface area contributed by atoms with Crippen LogP contribution in [0.2, 0.25) is 0 Å². The van der Waals surface area contributed by atoms with Gasteiger partial charge < -0.3 is 0 Å². The van der Waals surface area contributed by atoms with Crippen LogP contribution in [0.5, 0.6) is 0 Å². The number of rotatable bonds is 1. The fourth-order valence-corrected chi connectivity index (χ4v) is 4.65. The van der Waals surface area contributed by atoms with Crippen LogP contribution >= 0.6 is 0 Å². The Morgan fingerprint density at radius 1 is 1.04 bits per heavy atom. The predicted octanol–water partition coefficient (Wildman–Crippen LogP) is 6.68. The minimum atomic E-state index is -1.46. The smallest absolute Gasteiger partial charge is 0.0802 e. The second-order valence-corrected chi connectivity index (χ2v) is 9.35. The van der Waals surface area contributed by atoms with Crippen molar-refractivity contribution in [3.05, 3.63) is 71.5 Å². The number of benzene rings is 2. The van der Waals surface area contributed by atoms with Crippen molar-refractivity contribution in [3.63, 3.8) is 0 Å². The molecule has 5 rings (SSSR count). The Bertz CT molecular complexity index is 1330. The first-order valence-electron chi connectivity index (χ1n) is 10.9. The highest BCUT2D eigenvalue weighted by Crippen LogP contribution is 2.50. The van der Waals surface area contributed by atoms with Crippen molar-refractivity contribution < 1.29 is 2.74 Å². The van der Waals surface area contributed by atoms with E-state index in [1.807, 2.05) is 57.4 Å². The molecule has 0 fully saturated rings. The van der Waals surface area contributed by atoms with E-state index in [2.05, 4.69) is 32.0 Å². The lowest BCUT2D eigenvalue weighted by Crippen LogP contribution is -2.25. The highest BCUT2D eigenvalue weighted by molar-refractivity contribution is 6.05. The first-order valence-corrected chi connectivity index (χ1v) is 9.86. The lowest BCUT2D eigenvalue weighted by atomic mass is 9.68. The van der Waals surface area contributed by atoms with Gasteiger partial charge in [-0.15, -0.1) is 0 Å². The van der Waals surface area contributed by atoms with Gasteiger partial charge in [-0.3, -0.25) is 9.97 Å². The van der Waals surface area contributed by atoms with E-state index in [0.717, 1.165) is 44.1 Å². The summed E-state index contributed by atoms with van der Waals surface area (Å²) in [5, 5.41) is 3.28.